The second-order valence-electron chi connectivity index (χ2n) is 4.27. The third-order valence-electron chi connectivity index (χ3n) is 2.57. The maximum absolute atomic E-state index is 11.8. The number of carbonyl (C=O) groups excluding carboxylic acids is 1. The van der Waals surface area contributed by atoms with Gasteiger partial charge in [-0.2, -0.15) is 10.2 Å². The number of ether oxygens (including phenoxy) is 1. The van der Waals surface area contributed by atoms with Crippen LogP contribution in [0.1, 0.15) is 6.92 Å². The van der Waals surface area contributed by atoms with Gasteiger partial charge in [-0.1, -0.05) is 18.2 Å². The van der Waals surface area contributed by atoms with E-state index >= 15 is 0 Å². The van der Waals surface area contributed by atoms with Crippen LogP contribution in [-0.2, 0) is 4.79 Å². The number of anilines is 2. The molecule has 1 heterocycles. The van der Waals surface area contributed by atoms with Crippen molar-refractivity contribution in [2.75, 3.05) is 11.5 Å². The number of azo groups is 1. The Labute approximate surface area is 121 Å². The number of nitrogens with two attached hydrogens (primary N) is 2. The summed E-state index contributed by atoms with van der Waals surface area (Å²) in [6.45, 7) is 1.58. The van der Waals surface area contributed by atoms with Crippen molar-refractivity contribution in [3.8, 4) is 5.75 Å². The van der Waals surface area contributed by atoms with Gasteiger partial charge in [0, 0.05) is 0 Å². The lowest BCUT2D eigenvalue weighted by Gasteiger charge is -2.06. The normalized spacial score (nSPS) is 12.2. The summed E-state index contributed by atoms with van der Waals surface area (Å²) in [6.07, 6.45) is 0. The zero-order chi connectivity index (χ0) is 15.2. The highest BCUT2D eigenvalue weighted by molar-refractivity contribution is 5.77. The van der Waals surface area contributed by atoms with E-state index in [0.29, 0.717) is 17.3 Å². The summed E-state index contributed by atoms with van der Waals surface area (Å²) in [4.78, 5) is 15.7. The summed E-state index contributed by atoms with van der Waals surface area (Å²) in [5.41, 5.74) is 11.5. The van der Waals surface area contributed by atoms with Gasteiger partial charge in [0.1, 0.15) is 17.3 Å². The molecule has 0 bridgehead atoms. The van der Waals surface area contributed by atoms with Crippen LogP contribution in [0.3, 0.4) is 0 Å². The number of esters is 1. The average molecular weight is 285 g/mol. The molecule has 1 aromatic heterocycles. The number of carbonyl (C=O) groups is 1. The Morgan fingerprint density at radius 3 is 2.57 bits per heavy atom. The fraction of sp³-hybridized carbons (Fsp3) is 0.143. The van der Waals surface area contributed by atoms with E-state index in [1.807, 2.05) is 6.07 Å². The molecule has 2 rings (SSSR count). The van der Waals surface area contributed by atoms with Crippen LogP contribution in [0.15, 0.2) is 52.7 Å². The molecule has 7 heteroatoms. The molecule has 2 aromatic rings. The topological polar surface area (TPSA) is 116 Å². The van der Waals surface area contributed by atoms with Gasteiger partial charge in [0.2, 0.25) is 0 Å². The third-order valence-corrected chi connectivity index (χ3v) is 2.57. The highest BCUT2D eigenvalue weighted by Gasteiger charge is 2.14. The molecule has 108 valence electrons. The summed E-state index contributed by atoms with van der Waals surface area (Å²) >= 11 is 0. The van der Waals surface area contributed by atoms with Gasteiger partial charge in [0.25, 0.3) is 0 Å². The van der Waals surface area contributed by atoms with Crippen LogP contribution in [0.5, 0.6) is 5.75 Å². The van der Waals surface area contributed by atoms with Crippen LogP contribution in [0, 0.1) is 0 Å². The molecular formula is C14H15N5O2. The van der Waals surface area contributed by atoms with Gasteiger partial charge in [0.05, 0.1) is 0 Å². The number of pyridine rings is 1. The first-order valence-electron chi connectivity index (χ1n) is 6.26. The predicted octanol–water partition coefficient (Wildman–Crippen LogP) is 2.32. The van der Waals surface area contributed by atoms with E-state index in [4.69, 9.17) is 16.2 Å². The Morgan fingerprint density at radius 2 is 1.90 bits per heavy atom. The van der Waals surface area contributed by atoms with Gasteiger partial charge in [-0.15, -0.1) is 0 Å². The van der Waals surface area contributed by atoms with E-state index in [1.54, 1.807) is 43.3 Å². The summed E-state index contributed by atoms with van der Waals surface area (Å²) in [6, 6.07) is 11.1. The minimum atomic E-state index is -0.762. The molecule has 0 spiro atoms. The Bertz CT molecular complexity index is 658. The molecule has 0 aliphatic carbocycles. The van der Waals surface area contributed by atoms with Crippen molar-refractivity contribution in [1.82, 2.24) is 4.98 Å². The standard InChI is InChI=1S/C14H15N5O2/c1-9(14(20)21-10-5-3-2-4-6-10)18-19-11-7-8-12(15)17-13(11)16/h2-9H,1H3,(H4,15,16,17). The first-order valence-corrected chi connectivity index (χ1v) is 6.26. The number of para-hydroxylation sites is 1. The number of hydrogen-bond acceptors (Lipinski definition) is 7. The van der Waals surface area contributed by atoms with Crippen molar-refractivity contribution < 1.29 is 9.53 Å². The summed E-state index contributed by atoms with van der Waals surface area (Å²) in [5, 5.41) is 7.76. The molecule has 0 radical (unpaired) electrons. The van der Waals surface area contributed by atoms with E-state index in [9.17, 15) is 4.79 Å². The number of benzene rings is 1. The molecule has 0 amide bonds. The lowest BCUT2D eigenvalue weighted by Crippen LogP contribution is -2.20. The molecule has 1 aromatic carbocycles. The van der Waals surface area contributed by atoms with Crippen LogP contribution < -0.4 is 16.2 Å². The van der Waals surface area contributed by atoms with Crippen molar-refractivity contribution in [2.45, 2.75) is 13.0 Å². The third kappa shape index (κ3) is 4.00. The van der Waals surface area contributed by atoms with Crippen LogP contribution in [0.25, 0.3) is 0 Å². The lowest BCUT2D eigenvalue weighted by atomic mass is 10.3. The fourth-order valence-corrected chi connectivity index (χ4v) is 1.45. The van der Waals surface area contributed by atoms with Gasteiger partial charge >= 0.3 is 5.97 Å². The summed E-state index contributed by atoms with van der Waals surface area (Å²) in [5.74, 6) is 0.399. The molecule has 7 nitrogen and oxygen atoms in total. The van der Waals surface area contributed by atoms with Gasteiger partial charge in [-0.05, 0) is 31.2 Å². The predicted molar refractivity (Wildman–Crippen MR) is 79.1 cm³/mol. The minimum absolute atomic E-state index is 0.155. The molecule has 21 heavy (non-hydrogen) atoms. The second kappa shape index (κ2) is 6.47. The maximum atomic E-state index is 11.8. The summed E-state index contributed by atoms with van der Waals surface area (Å²) < 4.78 is 5.15. The molecule has 0 aliphatic rings. The highest BCUT2D eigenvalue weighted by atomic mass is 16.5. The Hall–Kier alpha value is -2.96. The van der Waals surface area contributed by atoms with Gasteiger partial charge in [-0.25, -0.2) is 9.78 Å². The molecule has 0 fully saturated rings. The summed E-state index contributed by atoms with van der Waals surface area (Å²) in [7, 11) is 0. The van der Waals surface area contributed by atoms with Crippen molar-refractivity contribution in [2.24, 2.45) is 10.2 Å². The van der Waals surface area contributed by atoms with Crippen molar-refractivity contribution in [3.05, 3.63) is 42.5 Å². The van der Waals surface area contributed by atoms with E-state index < -0.39 is 12.0 Å². The van der Waals surface area contributed by atoms with E-state index in [-0.39, 0.29) is 5.82 Å². The largest absolute Gasteiger partial charge is 0.425 e. The average Bonchev–Trinajstić information content (AvgIpc) is 2.47. The second-order valence-corrected chi connectivity index (χ2v) is 4.27. The number of rotatable bonds is 4. The minimum Gasteiger partial charge on any atom is -0.425 e. The molecule has 0 saturated heterocycles. The van der Waals surface area contributed by atoms with Crippen LogP contribution in [0.2, 0.25) is 0 Å². The Morgan fingerprint density at radius 1 is 1.19 bits per heavy atom. The number of aromatic nitrogens is 1. The SMILES string of the molecule is CC(N=Nc1ccc(N)nc1N)C(=O)Oc1ccccc1. The van der Waals surface area contributed by atoms with Crippen LogP contribution >= 0.6 is 0 Å². The Balaban J connectivity index is 2.01. The smallest absolute Gasteiger partial charge is 0.337 e. The fourth-order valence-electron chi connectivity index (χ4n) is 1.45. The molecule has 4 N–H and O–H groups in total. The number of hydrogen-bond donors (Lipinski definition) is 2. The van der Waals surface area contributed by atoms with E-state index in [1.165, 1.54) is 0 Å². The molecule has 1 unspecified atom stereocenters. The maximum Gasteiger partial charge on any atom is 0.337 e. The van der Waals surface area contributed by atoms with Crippen molar-refractivity contribution in [1.29, 1.82) is 0 Å². The zero-order valence-electron chi connectivity index (χ0n) is 11.4. The number of nitrogen functional groups attached to an aromatic ring is 2. The first-order chi connectivity index (χ1) is 10.1. The van der Waals surface area contributed by atoms with Crippen LogP contribution in [-0.4, -0.2) is 17.0 Å². The highest BCUT2D eigenvalue weighted by Crippen LogP contribution is 2.21. The molecule has 0 saturated carbocycles. The number of nitrogens with zero attached hydrogens (tertiary/aromatic N) is 3. The van der Waals surface area contributed by atoms with Gasteiger partial charge in [-0.3, -0.25) is 0 Å². The van der Waals surface area contributed by atoms with E-state index in [2.05, 4.69) is 15.2 Å². The molecular weight excluding hydrogens is 270 g/mol. The van der Waals surface area contributed by atoms with Crippen LogP contribution in [0.4, 0.5) is 17.3 Å². The van der Waals surface area contributed by atoms with Gasteiger partial charge in [0.15, 0.2) is 11.9 Å². The monoisotopic (exact) mass is 285 g/mol. The van der Waals surface area contributed by atoms with E-state index in [0.717, 1.165) is 0 Å². The molecule has 1 atom stereocenters. The molecule has 0 aliphatic heterocycles. The zero-order valence-corrected chi connectivity index (χ0v) is 11.4. The first kappa shape index (κ1) is 14.4. The lowest BCUT2D eigenvalue weighted by molar-refractivity contribution is -0.135. The van der Waals surface area contributed by atoms with Crippen molar-refractivity contribution >= 4 is 23.3 Å². The Kier molecular flexibility index (Phi) is 4.45. The quantitative estimate of drug-likeness (QED) is 0.508. The van der Waals surface area contributed by atoms with Gasteiger partial charge < -0.3 is 16.2 Å². The van der Waals surface area contributed by atoms with Crippen molar-refractivity contribution in [3.63, 3.8) is 0 Å².